The van der Waals surface area contributed by atoms with Crippen molar-refractivity contribution in [2.75, 3.05) is 5.32 Å². The molecule has 2 N–H and O–H groups in total. The largest absolute Gasteiger partial charge is 0.335 e. The Bertz CT molecular complexity index is 959. The molecule has 0 fully saturated rings. The van der Waals surface area contributed by atoms with Crippen molar-refractivity contribution in [1.82, 2.24) is 20.2 Å². The maximum absolute atomic E-state index is 6.38. The second-order valence-electron chi connectivity index (χ2n) is 5.54. The fourth-order valence-electron chi connectivity index (χ4n) is 2.67. The predicted molar refractivity (Wildman–Crippen MR) is 94.8 cm³/mol. The molecule has 0 spiro atoms. The van der Waals surface area contributed by atoms with Crippen LogP contribution in [0, 0.1) is 6.92 Å². The molecule has 120 valence electrons. The molecular weight excluding hydrogens is 324 g/mol. The average molecular weight is 339 g/mol. The molecule has 0 saturated heterocycles. The minimum absolute atomic E-state index is 0.537. The number of halogens is 1. The molecule has 3 aromatic heterocycles. The first kappa shape index (κ1) is 14.8. The molecule has 24 heavy (non-hydrogen) atoms. The predicted octanol–water partition coefficient (Wildman–Crippen LogP) is 3.95. The van der Waals surface area contributed by atoms with Gasteiger partial charge < -0.3 is 5.32 Å². The van der Waals surface area contributed by atoms with E-state index in [-0.39, 0.29) is 0 Å². The van der Waals surface area contributed by atoms with Crippen molar-refractivity contribution in [2.24, 2.45) is 4.99 Å². The highest BCUT2D eigenvalue weighted by Crippen LogP contribution is 2.36. The Morgan fingerprint density at radius 1 is 1.21 bits per heavy atom. The molecule has 3 aromatic rings. The third kappa shape index (κ3) is 2.35. The molecule has 4 rings (SSSR count). The molecule has 6 nitrogen and oxygen atoms in total. The highest BCUT2D eigenvalue weighted by Gasteiger charge is 2.23. The van der Waals surface area contributed by atoms with Gasteiger partial charge in [0, 0.05) is 23.7 Å². The lowest BCUT2D eigenvalue weighted by atomic mass is 10.1. The van der Waals surface area contributed by atoms with Crippen LogP contribution in [0.4, 0.5) is 17.2 Å². The van der Waals surface area contributed by atoms with Crippen molar-refractivity contribution in [2.45, 2.75) is 20.3 Å². The minimum atomic E-state index is 0.537. The van der Waals surface area contributed by atoms with Crippen LogP contribution in [0.5, 0.6) is 0 Å². The van der Waals surface area contributed by atoms with Crippen LogP contribution in [0.2, 0.25) is 5.02 Å². The Labute approximate surface area is 144 Å². The summed E-state index contributed by atoms with van der Waals surface area (Å²) < 4.78 is 0. The Kier molecular flexibility index (Phi) is 3.54. The molecule has 7 heteroatoms. The molecule has 0 aromatic carbocycles. The van der Waals surface area contributed by atoms with Gasteiger partial charge >= 0.3 is 0 Å². The minimum Gasteiger partial charge on any atom is -0.335 e. The summed E-state index contributed by atoms with van der Waals surface area (Å²) in [6.07, 6.45) is 4.16. The number of aryl methyl sites for hydroxylation is 2. The van der Waals surface area contributed by atoms with E-state index in [2.05, 4.69) is 27.4 Å². The number of nitrogens with zero attached hydrogens (tertiary/aromatic N) is 4. The van der Waals surface area contributed by atoms with Gasteiger partial charge in [-0.15, -0.1) is 0 Å². The van der Waals surface area contributed by atoms with Crippen molar-refractivity contribution in [3.8, 4) is 0 Å². The number of H-pyrrole nitrogens is 1. The number of aromatic amines is 1. The average Bonchev–Trinajstić information content (AvgIpc) is 2.85. The number of fused-ring (bicyclic) bond motifs is 2. The molecule has 0 amide bonds. The summed E-state index contributed by atoms with van der Waals surface area (Å²) in [4.78, 5) is 13.7. The van der Waals surface area contributed by atoms with Gasteiger partial charge in [0.1, 0.15) is 17.1 Å². The topological polar surface area (TPSA) is 78.8 Å². The van der Waals surface area contributed by atoms with Gasteiger partial charge in [-0.2, -0.15) is 5.10 Å². The monoisotopic (exact) mass is 338 g/mol. The van der Waals surface area contributed by atoms with Gasteiger partial charge in [0.25, 0.3) is 0 Å². The number of rotatable bonds is 2. The molecule has 0 radical (unpaired) electrons. The van der Waals surface area contributed by atoms with Gasteiger partial charge in [0.05, 0.1) is 16.4 Å². The molecule has 1 aliphatic heterocycles. The molecule has 0 atom stereocenters. The number of aliphatic imine (C=N–C) groups is 1. The number of hydrogen-bond acceptors (Lipinski definition) is 5. The zero-order chi connectivity index (χ0) is 16.7. The first-order valence-corrected chi connectivity index (χ1v) is 8.06. The van der Waals surface area contributed by atoms with E-state index in [0.717, 1.165) is 40.4 Å². The molecule has 0 bridgehead atoms. The molecule has 0 aliphatic carbocycles. The van der Waals surface area contributed by atoms with E-state index in [0.29, 0.717) is 16.6 Å². The summed E-state index contributed by atoms with van der Waals surface area (Å²) in [6, 6.07) is 5.86. The summed E-state index contributed by atoms with van der Waals surface area (Å²) >= 11 is 6.38. The van der Waals surface area contributed by atoms with E-state index < -0.39 is 0 Å². The summed E-state index contributed by atoms with van der Waals surface area (Å²) in [5.41, 5.74) is 5.75. The zero-order valence-corrected chi connectivity index (χ0v) is 14.0. The summed E-state index contributed by atoms with van der Waals surface area (Å²) in [6.45, 7) is 4.01. The summed E-state index contributed by atoms with van der Waals surface area (Å²) in [7, 11) is 0. The molecular formula is C17H15ClN6. The zero-order valence-electron chi connectivity index (χ0n) is 13.3. The molecule has 4 heterocycles. The van der Waals surface area contributed by atoms with Gasteiger partial charge in [0.15, 0.2) is 5.82 Å². The van der Waals surface area contributed by atoms with Crippen molar-refractivity contribution < 1.29 is 0 Å². The Balaban J connectivity index is 2.03. The van der Waals surface area contributed by atoms with E-state index in [1.807, 2.05) is 25.1 Å². The lowest BCUT2D eigenvalue weighted by Crippen LogP contribution is -2.10. The highest BCUT2D eigenvalue weighted by molar-refractivity contribution is 6.35. The van der Waals surface area contributed by atoms with Crippen LogP contribution in [-0.4, -0.2) is 25.9 Å². The summed E-state index contributed by atoms with van der Waals surface area (Å²) in [5.74, 6) is 0.681. The second-order valence-corrected chi connectivity index (χ2v) is 5.95. The quantitative estimate of drug-likeness (QED) is 0.580. The maximum atomic E-state index is 6.38. The van der Waals surface area contributed by atoms with E-state index >= 15 is 0 Å². The van der Waals surface area contributed by atoms with E-state index in [1.54, 1.807) is 12.4 Å². The van der Waals surface area contributed by atoms with Crippen molar-refractivity contribution in [1.29, 1.82) is 0 Å². The highest BCUT2D eigenvalue weighted by atomic mass is 35.5. The first-order chi connectivity index (χ1) is 11.7. The van der Waals surface area contributed by atoms with Crippen LogP contribution < -0.4 is 5.32 Å². The normalized spacial score (nSPS) is 12.7. The van der Waals surface area contributed by atoms with Gasteiger partial charge in [-0.05, 0) is 31.5 Å². The Morgan fingerprint density at radius 2 is 2.08 bits per heavy atom. The Hall–Kier alpha value is -2.73. The number of pyridine rings is 2. The van der Waals surface area contributed by atoms with Gasteiger partial charge in [-0.3, -0.25) is 10.1 Å². The first-order valence-electron chi connectivity index (χ1n) is 7.68. The van der Waals surface area contributed by atoms with E-state index in [9.17, 15) is 0 Å². The fraction of sp³-hybridized carbons (Fsp3) is 0.176. The standard InChI is InChI=1S/C17H15ClN6/c1-3-10-4-5-13-16(20-10)15(11-6-7-19-8-12(11)18)22-14-9(2)23-24-17(14)21-13/h4-8H,3H2,1-2H3,(H2,21,23,24). The lowest BCUT2D eigenvalue weighted by Gasteiger charge is -2.11. The van der Waals surface area contributed by atoms with Gasteiger partial charge in [-0.1, -0.05) is 18.5 Å². The van der Waals surface area contributed by atoms with Crippen LogP contribution >= 0.6 is 11.6 Å². The van der Waals surface area contributed by atoms with Crippen molar-refractivity contribution in [3.05, 3.63) is 58.3 Å². The number of hydrogen-bond donors (Lipinski definition) is 2. The maximum Gasteiger partial charge on any atom is 0.178 e. The smallest absolute Gasteiger partial charge is 0.178 e. The molecule has 0 saturated carbocycles. The van der Waals surface area contributed by atoms with Crippen molar-refractivity contribution in [3.63, 3.8) is 0 Å². The van der Waals surface area contributed by atoms with E-state index in [1.165, 1.54) is 0 Å². The Morgan fingerprint density at radius 3 is 2.88 bits per heavy atom. The molecule has 0 unspecified atom stereocenters. The van der Waals surface area contributed by atoms with Gasteiger partial charge in [-0.25, -0.2) is 9.98 Å². The molecule has 1 aliphatic rings. The van der Waals surface area contributed by atoms with Crippen molar-refractivity contribution >= 4 is 34.5 Å². The number of anilines is 2. The van der Waals surface area contributed by atoms with Crippen LogP contribution in [0.15, 0.2) is 35.6 Å². The number of aromatic nitrogens is 4. The fourth-order valence-corrected chi connectivity index (χ4v) is 2.88. The third-order valence-corrected chi connectivity index (χ3v) is 4.26. The lowest BCUT2D eigenvalue weighted by molar-refractivity contribution is 1.02. The third-order valence-electron chi connectivity index (χ3n) is 3.96. The van der Waals surface area contributed by atoms with Gasteiger partial charge in [0.2, 0.25) is 0 Å². The summed E-state index contributed by atoms with van der Waals surface area (Å²) in [5, 5.41) is 11.1. The van der Waals surface area contributed by atoms with Crippen LogP contribution in [-0.2, 0) is 6.42 Å². The SMILES string of the molecule is CCc1ccc2c(n1)C(c1ccncc1Cl)=Nc1c(n[nH]c1C)N2. The number of nitrogens with one attached hydrogen (secondary N) is 2. The van der Waals surface area contributed by atoms with E-state index in [4.69, 9.17) is 21.6 Å². The second kappa shape index (κ2) is 5.72. The van der Waals surface area contributed by atoms with Crippen LogP contribution in [0.3, 0.4) is 0 Å². The van der Waals surface area contributed by atoms with Crippen LogP contribution in [0.1, 0.15) is 29.6 Å². The van der Waals surface area contributed by atoms with Crippen LogP contribution in [0.25, 0.3) is 0 Å².